The fourth-order valence-electron chi connectivity index (χ4n) is 1.97. The molecule has 2 rings (SSSR count). The summed E-state index contributed by atoms with van der Waals surface area (Å²) in [6.07, 6.45) is 1.61. The van der Waals surface area contributed by atoms with Gasteiger partial charge in [0.1, 0.15) is 4.88 Å². The number of carboxylic acids is 1. The quantitative estimate of drug-likeness (QED) is 0.859. The molecule has 8 heteroatoms. The Hall–Kier alpha value is -0.960. The maximum atomic E-state index is 12.1. The van der Waals surface area contributed by atoms with Crippen molar-refractivity contribution in [2.75, 3.05) is 19.8 Å². The zero-order valence-corrected chi connectivity index (χ0v) is 12.7. The monoisotopic (exact) mass is 319 g/mol. The van der Waals surface area contributed by atoms with Crippen LogP contribution in [0.1, 0.15) is 29.4 Å². The second kappa shape index (κ2) is 5.80. The van der Waals surface area contributed by atoms with Crippen LogP contribution in [-0.4, -0.2) is 39.3 Å². The lowest BCUT2D eigenvalue weighted by Crippen LogP contribution is -2.39. The van der Waals surface area contributed by atoms with Gasteiger partial charge in [-0.05, 0) is 24.3 Å². The third-order valence-corrected chi connectivity index (χ3v) is 5.93. The van der Waals surface area contributed by atoms with E-state index in [2.05, 4.69) is 4.72 Å². The van der Waals surface area contributed by atoms with Crippen LogP contribution in [0.4, 0.5) is 0 Å². The molecule has 1 aromatic rings. The molecule has 1 aliphatic heterocycles. The van der Waals surface area contributed by atoms with Crippen molar-refractivity contribution in [1.29, 1.82) is 0 Å². The summed E-state index contributed by atoms with van der Waals surface area (Å²) in [5, 5.41) is 10.2. The Kier molecular flexibility index (Phi) is 4.48. The maximum absolute atomic E-state index is 12.1. The lowest BCUT2D eigenvalue weighted by Gasteiger charge is -2.33. The number of rotatable bonds is 5. The lowest BCUT2D eigenvalue weighted by atomic mass is 9.83. The molecule has 0 amide bonds. The average Bonchev–Trinajstić information content (AvgIpc) is 2.88. The van der Waals surface area contributed by atoms with Crippen LogP contribution in [0.25, 0.3) is 0 Å². The van der Waals surface area contributed by atoms with E-state index in [4.69, 9.17) is 9.84 Å². The molecule has 20 heavy (non-hydrogen) atoms. The van der Waals surface area contributed by atoms with E-state index >= 15 is 0 Å². The predicted octanol–water partition coefficient (Wildman–Crippen LogP) is 1.54. The molecule has 1 saturated heterocycles. The number of nitrogens with one attached hydrogen (secondary N) is 1. The normalized spacial score (nSPS) is 18.9. The van der Waals surface area contributed by atoms with E-state index in [9.17, 15) is 13.2 Å². The fraction of sp³-hybridized carbons (Fsp3) is 0.583. The van der Waals surface area contributed by atoms with Crippen LogP contribution in [0.3, 0.4) is 0 Å². The van der Waals surface area contributed by atoms with Crippen molar-refractivity contribution < 1.29 is 23.1 Å². The van der Waals surface area contributed by atoms with E-state index < -0.39 is 16.0 Å². The Bertz CT molecular complexity index is 587. The first-order valence-electron chi connectivity index (χ1n) is 6.22. The molecule has 1 fully saturated rings. The third kappa shape index (κ3) is 3.57. The Morgan fingerprint density at radius 3 is 2.70 bits per heavy atom. The van der Waals surface area contributed by atoms with Crippen LogP contribution in [-0.2, 0) is 14.8 Å². The highest BCUT2D eigenvalue weighted by atomic mass is 32.2. The fourth-order valence-corrected chi connectivity index (χ4v) is 4.28. The van der Waals surface area contributed by atoms with Crippen molar-refractivity contribution in [3.05, 3.63) is 16.3 Å². The van der Waals surface area contributed by atoms with Crippen LogP contribution >= 0.6 is 11.3 Å². The van der Waals surface area contributed by atoms with Crippen LogP contribution in [0.15, 0.2) is 16.3 Å². The summed E-state index contributed by atoms with van der Waals surface area (Å²) in [5.74, 6) is -1.12. The number of ether oxygens (including phenoxy) is 1. The van der Waals surface area contributed by atoms with E-state index in [1.165, 1.54) is 11.4 Å². The molecule has 6 nitrogen and oxygen atoms in total. The molecular weight excluding hydrogens is 302 g/mol. The molecule has 2 N–H and O–H groups in total. The summed E-state index contributed by atoms with van der Waals surface area (Å²) in [6, 6.07) is 1.18. The van der Waals surface area contributed by atoms with E-state index in [1.807, 2.05) is 6.92 Å². The standard InChI is InChI=1S/C12H17NO5S2/c1-12(2-4-18-5-3-12)8-13-20(16,17)9-6-10(11(14)15)19-7-9/h6-7,13H,2-5,8H2,1H3,(H,14,15). The Morgan fingerprint density at radius 1 is 1.50 bits per heavy atom. The van der Waals surface area contributed by atoms with E-state index in [0.717, 1.165) is 24.2 Å². The number of hydrogen-bond donors (Lipinski definition) is 2. The van der Waals surface area contributed by atoms with Crippen molar-refractivity contribution in [3.63, 3.8) is 0 Å². The molecular formula is C12H17NO5S2. The summed E-state index contributed by atoms with van der Waals surface area (Å²) in [7, 11) is -3.65. The zero-order valence-electron chi connectivity index (χ0n) is 11.1. The van der Waals surface area contributed by atoms with Crippen LogP contribution < -0.4 is 4.72 Å². The van der Waals surface area contributed by atoms with Gasteiger partial charge in [0.15, 0.2) is 0 Å². The first-order valence-corrected chi connectivity index (χ1v) is 8.58. The molecule has 0 saturated carbocycles. The second-order valence-electron chi connectivity index (χ2n) is 5.20. The topological polar surface area (TPSA) is 92.7 Å². The Balaban J connectivity index is 2.05. The van der Waals surface area contributed by atoms with Crippen molar-refractivity contribution in [2.45, 2.75) is 24.7 Å². The summed E-state index contributed by atoms with van der Waals surface area (Å²) >= 11 is 0.906. The Morgan fingerprint density at radius 2 is 2.15 bits per heavy atom. The molecule has 0 atom stereocenters. The summed E-state index contributed by atoms with van der Waals surface area (Å²) in [6.45, 7) is 3.63. The van der Waals surface area contributed by atoms with Crippen molar-refractivity contribution in [2.24, 2.45) is 5.41 Å². The number of carbonyl (C=O) groups is 1. The average molecular weight is 319 g/mol. The molecule has 0 aromatic carbocycles. The molecule has 0 spiro atoms. The zero-order chi connectivity index (χ0) is 14.8. The van der Waals surface area contributed by atoms with Gasteiger partial charge in [-0.3, -0.25) is 0 Å². The molecule has 0 unspecified atom stereocenters. The smallest absolute Gasteiger partial charge is 0.345 e. The van der Waals surface area contributed by atoms with E-state index in [1.54, 1.807) is 0 Å². The van der Waals surface area contributed by atoms with Crippen LogP contribution in [0.2, 0.25) is 0 Å². The number of thiophene rings is 1. The number of carboxylic acid groups (broad SMARTS) is 1. The first kappa shape index (κ1) is 15.4. The molecule has 0 bridgehead atoms. The van der Waals surface area contributed by atoms with E-state index in [0.29, 0.717) is 19.8 Å². The van der Waals surface area contributed by atoms with Gasteiger partial charge in [0.05, 0.1) is 4.90 Å². The van der Waals surface area contributed by atoms with Gasteiger partial charge < -0.3 is 9.84 Å². The van der Waals surface area contributed by atoms with Crippen LogP contribution in [0.5, 0.6) is 0 Å². The van der Waals surface area contributed by atoms with Gasteiger partial charge in [0.2, 0.25) is 10.0 Å². The SMILES string of the molecule is CC1(CNS(=O)(=O)c2csc(C(=O)O)c2)CCOCC1. The largest absolute Gasteiger partial charge is 0.477 e. The summed E-state index contributed by atoms with van der Waals surface area (Å²) < 4.78 is 32.1. The van der Waals surface area contributed by atoms with Gasteiger partial charge in [0.25, 0.3) is 0 Å². The highest BCUT2D eigenvalue weighted by molar-refractivity contribution is 7.89. The van der Waals surface area contributed by atoms with Crippen molar-refractivity contribution in [1.82, 2.24) is 4.72 Å². The molecule has 0 radical (unpaired) electrons. The lowest BCUT2D eigenvalue weighted by molar-refractivity contribution is 0.0264. The number of aromatic carboxylic acids is 1. The van der Waals surface area contributed by atoms with E-state index in [-0.39, 0.29) is 15.2 Å². The molecule has 1 aliphatic rings. The van der Waals surface area contributed by atoms with Crippen molar-refractivity contribution in [3.8, 4) is 0 Å². The summed E-state index contributed by atoms with van der Waals surface area (Å²) in [5.41, 5.74) is -0.114. The van der Waals surface area contributed by atoms with Gasteiger partial charge in [-0.2, -0.15) is 0 Å². The van der Waals surface area contributed by atoms with Gasteiger partial charge in [-0.25, -0.2) is 17.9 Å². The minimum atomic E-state index is -3.65. The highest BCUT2D eigenvalue weighted by Gasteiger charge is 2.29. The molecule has 112 valence electrons. The molecule has 2 heterocycles. The maximum Gasteiger partial charge on any atom is 0.345 e. The van der Waals surface area contributed by atoms with Gasteiger partial charge in [-0.15, -0.1) is 11.3 Å². The first-order chi connectivity index (χ1) is 9.32. The number of hydrogen-bond acceptors (Lipinski definition) is 5. The van der Waals surface area contributed by atoms with Crippen molar-refractivity contribution >= 4 is 27.3 Å². The molecule has 1 aromatic heterocycles. The van der Waals surface area contributed by atoms with Crippen LogP contribution in [0, 0.1) is 5.41 Å². The summed E-state index contributed by atoms with van der Waals surface area (Å²) in [4.78, 5) is 10.8. The number of sulfonamides is 1. The van der Waals surface area contributed by atoms with Gasteiger partial charge in [0, 0.05) is 25.1 Å². The Labute approximate surface area is 121 Å². The third-order valence-electron chi connectivity index (χ3n) is 3.49. The second-order valence-corrected chi connectivity index (χ2v) is 7.88. The van der Waals surface area contributed by atoms with Gasteiger partial charge >= 0.3 is 5.97 Å². The minimum absolute atomic E-state index is 0.00978. The predicted molar refractivity (Wildman–Crippen MR) is 74.6 cm³/mol. The minimum Gasteiger partial charge on any atom is -0.477 e. The van der Waals surface area contributed by atoms with Gasteiger partial charge in [-0.1, -0.05) is 6.92 Å². The highest BCUT2D eigenvalue weighted by Crippen LogP contribution is 2.29. The molecule has 0 aliphatic carbocycles.